The molecule has 0 saturated carbocycles. The Morgan fingerprint density at radius 3 is 3.00 bits per heavy atom. The first-order valence-corrected chi connectivity index (χ1v) is 5.66. The number of anilines is 1. The van der Waals surface area contributed by atoms with Crippen LogP contribution in [0.15, 0.2) is 0 Å². The van der Waals surface area contributed by atoms with E-state index in [4.69, 9.17) is 10.5 Å². The Balaban J connectivity index is 2.20. The zero-order chi connectivity index (χ0) is 10.8. The molecular formula is C11H19N3O. The highest BCUT2D eigenvalue weighted by atomic mass is 16.5. The molecule has 0 spiro atoms. The summed E-state index contributed by atoms with van der Waals surface area (Å²) in [5.74, 6) is 1.27. The van der Waals surface area contributed by atoms with Gasteiger partial charge in [-0.2, -0.15) is 5.10 Å². The van der Waals surface area contributed by atoms with Gasteiger partial charge in [0.2, 0.25) is 0 Å². The smallest absolute Gasteiger partial charge is 0.148 e. The standard InChI is InChI=1S/C11H19N3O/c1-3-4-8-10(13-14-11(8)12)9-5-7(2)6-15-9/h7,9H,3-6H2,1-2H3,(H3,12,13,14). The van der Waals surface area contributed by atoms with Crippen LogP contribution in [0.1, 0.15) is 44.1 Å². The van der Waals surface area contributed by atoms with E-state index in [1.807, 2.05) is 0 Å². The molecule has 0 aliphatic carbocycles. The molecule has 2 unspecified atom stereocenters. The second-order valence-electron chi connectivity index (χ2n) is 4.41. The third-order valence-corrected chi connectivity index (χ3v) is 2.95. The minimum Gasteiger partial charge on any atom is -0.382 e. The molecule has 2 heterocycles. The van der Waals surface area contributed by atoms with Crippen molar-refractivity contribution in [3.8, 4) is 0 Å². The van der Waals surface area contributed by atoms with E-state index >= 15 is 0 Å². The number of H-pyrrole nitrogens is 1. The Hall–Kier alpha value is -1.03. The van der Waals surface area contributed by atoms with Crippen LogP contribution in [-0.2, 0) is 11.2 Å². The van der Waals surface area contributed by atoms with Gasteiger partial charge < -0.3 is 10.5 Å². The zero-order valence-electron chi connectivity index (χ0n) is 9.42. The molecule has 84 valence electrons. The molecule has 2 rings (SSSR count). The van der Waals surface area contributed by atoms with Gasteiger partial charge >= 0.3 is 0 Å². The van der Waals surface area contributed by atoms with Crippen LogP contribution in [0.25, 0.3) is 0 Å². The fourth-order valence-electron chi connectivity index (χ4n) is 2.16. The second kappa shape index (κ2) is 4.23. The molecule has 1 aromatic rings. The molecule has 3 N–H and O–H groups in total. The molecule has 4 heteroatoms. The summed E-state index contributed by atoms with van der Waals surface area (Å²) < 4.78 is 5.72. The van der Waals surface area contributed by atoms with Gasteiger partial charge in [0, 0.05) is 5.56 Å². The van der Waals surface area contributed by atoms with Crippen LogP contribution < -0.4 is 5.73 Å². The summed E-state index contributed by atoms with van der Waals surface area (Å²) in [4.78, 5) is 0. The highest BCUT2D eigenvalue weighted by molar-refractivity contribution is 5.43. The van der Waals surface area contributed by atoms with Gasteiger partial charge in [-0.15, -0.1) is 0 Å². The molecule has 1 saturated heterocycles. The first-order chi connectivity index (χ1) is 7.22. The number of aromatic amines is 1. The number of rotatable bonds is 3. The summed E-state index contributed by atoms with van der Waals surface area (Å²) in [6, 6.07) is 0. The Kier molecular flexibility index (Phi) is 2.95. The largest absolute Gasteiger partial charge is 0.382 e. The van der Waals surface area contributed by atoms with Crippen LogP contribution in [0.5, 0.6) is 0 Å². The molecule has 4 nitrogen and oxygen atoms in total. The SMILES string of the molecule is CCCc1c(N)n[nH]c1C1CC(C)CO1. The lowest BCUT2D eigenvalue weighted by Gasteiger charge is -2.09. The van der Waals surface area contributed by atoms with E-state index in [0.29, 0.717) is 11.7 Å². The zero-order valence-corrected chi connectivity index (χ0v) is 9.42. The van der Waals surface area contributed by atoms with Crippen LogP contribution in [0.4, 0.5) is 5.82 Å². The van der Waals surface area contributed by atoms with Crippen LogP contribution in [-0.4, -0.2) is 16.8 Å². The molecule has 0 aromatic carbocycles. The summed E-state index contributed by atoms with van der Waals surface area (Å²) in [6.07, 6.45) is 3.30. The number of hydrogen-bond donors (Lipinski definition) is 2. The van der Waals surface area contributed by atoms with Gasteiger partial charge in [0.1, 0.15) is 5.82 Å². The van der Waals surface area contributed by atoms with Gasteiger partial charge in [0.25, 0.3) is 0 Å². The summed E-state index contributed by atoms with van der Waals surface area (Å²) >= 11 is 0. The van der Waals surface area contributed by atoms with Gasteiger partial charge in [-0.05, 0) is 18.8 Å². The highest BCUT2D eigenvalue weighted by Crippen LogP contribution is 2.34. The minimum atomic E-state index is 0.173. The van der Waals surface area contributed by atoms with Gasteiger partial charge in [-0.1, -0.05) is 20.3 Å². The number of nitrogens with one attached hydrogen (secondary N) is 1. The van der Waals surface area contributed by atoms with Crippen molar-refractivity contribution in [2.75, 3.05) is 12.3 Å². The van der Waals surface area contributed by atoms with Gasteiger partial charge in [0.05, 0.1) is 18.4 Å². The normalized spacial score (nSPS) is 26.0. The number of aromatic nitrogens is 2. The molecule has 15 heavy (non-hydrogen) atoms. The Morgan fingerprint density at radius 2 is 2.40 bits per heavy atom. The number of ether oxygens (including phenoxy) is 1. The van der Waals surface area contributed by atoms with Crippen molar-refractivity contribution in [3.63, 3.8) is 0 Å². The predicted molar refractivity (Wildman–Crippen MR) is 59.5 cm³/mol. The van der Waals surface area contributed by atoms with Crippen molar-refractivity contribution in [2.24, 2.45) is 5.92 Å². The monoisotopic (exact) mass is 209 g/mol. The van der Waals surface area contributed by atoms with Crippen molar-refractivity contribution < 1.29 is 4.74 Å². The molecule has 1 fully saturated rings. The Bertz CT molecular complexity index is 335. The van der Waals surface area contributed by atoms with Crippen molar-refractivity contribution in [2.45, 2.75) is 39.2 Å². The lowest BCUT2D eigenvalue weighted by molar-refractivity contribution is 0.104. The summed E-state index contributed by atoms with van der Waals surface area (Å²) in [6.45, 7) is 5.20. The molecule has 0 radical (unpaired) electrons. The topological polar surface area (TPSA) is 63.9 Å². The number of hydrogen-bond acceptors (Lipinski definition) is 3. The summed E-state index contributed by atoms with van der Waals surface area (Å²) in [5.41, 5.74) is 8.08. The van der Waals surface area contributed by atoms with E-state index < -0.39 is 0 Å². The fourth-order valence-corrected chi connectivity index (χ4v) is 2.16. The van der Waals surface area contributed by atoms with Gasteiger partial charge in [0.15, 0.2) is 0 Å². The minimum absolute atomic E-state index is 0.173. The van der Waals surface area contributed by atoms with Crippen LogP contribution in [0, 0.1) is 5.92 Å². The van der Waals surface area contributed by atoms with Gasteiger partial charge in [-0.25, -0.2) is 0 Å². The number of nitrogens with two attached hydrogens (primary N) is 1. The maximum absolute atomic E-state index is 5.83. The van der Waals surface area contributed by atoms with E-state index in [1.165, 1.54) is 0 Å². The van der Waals surface area contributed by atoms with Crippen molar-refractivity contribution >= 4 is 5.82 Å². The molecule has 2 atom stereocenters. The van der Waals surface area contributed by atoms with Crippen molar-refractivity contribution in [3.05, 3.63) is 11.3 Å². The maximum atomic E-state index is 5.83. The lowest BCUT2D eigenvalue weighted by atomic mass is 10.0. The average Bonchev–Trinajstić information content (AvgIpc) is 2.76. The molecule has 1 aliphatic heterocycles. The van der Waals surface area contributed by atoms with Crippen LogP contribution >= 0.6 is 0 Å². The van der Waals surface area contributed by atoms with E-state index in [-0.39, 0.29) is 6.10 Å². The summed E-state index contributed by atoms with van der Waals surface area (Å²) in [5, 5.41) is 7.10. The number of nitrogens with zero attached hydrogens (tertiary/aromatic N) is 1. The lowest BCUT2D eigenvalue weighted by Crippen LogP contribution is -2.01. The number of nitrogen functional groups attached to an aromatic ring is 1. The second-order valence-corrected chi connectivity index (χ2v) is 4.41. The highest BCUT2D eigenvalue weighted by Gasteiger charge is 2.27. The fraction of sp³-hybridized carbons (Fsp3) is 0.727. The van der Waals surface area contributed by atoms with Crippen LogP contribution in [0.3, 0.4) is 0 Å². The van der Waals surface area contributed by atoms with Gasteiger partial charge in [-0.3, -0.25) is 5.10 Å². The molecule has 1 aromatic heterocycles. The van der Waals surface area contributed by atoms with E-state index in [0.717, 1.165) is 37.1 Å². The third kappa shape index (κ3) is 2.00. The van der Waals surface area contributed by atoms with E-state index in [2.05, 4.69) is 24.0 Å². The van der Waals surface area contributed by atoms with Crippen molar-refractivity contribution in [1.29, 1.82) is 0 Å². The molecule has 1 aliphatic rings. The van der Waals surface area contributed by atoms with Crippen LogP contribution in [0.2, 0.25) is 0 Å². The Labute approximate surface area is 90.2 Å². The third-order valence-electron chi connectivity index (χ3n) is 2.95. The van der Waals surface area contributed by atoms with E-state index in [9.17, 15) is 0 Å². The summed E-state index contributed by atoms with van der Waals surface area (Å²) in [7, 11) is 0. The quantitative estimate of drug-likeness (QED) is 0.800. The van der Waals surface area contributed by atoms with Crippen molar-refractivity contribution in [1.82, 2.24) is 10.2 Å². The predicted octanol–water partition coefficient (Wildman–Crippen LogP) is 2.04. The first kappa shape index (κ1) is 10.5. The molecular weight excluding hydrogens is 190 g/mol. The Morgan fingerprint density at radius 1 is 1.60 bits per heavy atom. The molecule has 0 bridgehead atoms. The molecule has 0 amide bonds. The first-order valence-electron chi connectivity index (χ1n) is 5.66. The average molecular weight is 209 g/mol. The van der Waals surface area contributed by atoms with E-state index in [1.54, 1.807) is 0 Å². The maximum Gasteiger partial charge on any atom is 0.148 e.